The second-order valence-corrected chi connectivity index (χ2v) is 3.54. The molecule has 1 rings (SSSR count). The quantitative estimate of drug-likeness (QED) is 0.677. The van der Waals surface area contributed by atoms with E-state index in [1.54, 1.807) is 7.11 Å². The van der Waals surface area contributed by atoms with Crippen molar-refractivity contribution in [1.82, 2.24) is 4.90 Å². The molecule has 0 N–H and O–H groups in total. The third kappa shape index (κ3) is 4.05. The highest BCUT2D eigenvalue weighted by atomic mass is 16.5. The molecule has 0 saturated carbocycles. The Labute approximate surface area is 91.9 Å². The van der Waals surface area contributed by atoms with Crippen LogP contribution in [0.4, 0.5) is 0 Å². The Morgan fingerprint density at radius 2 is 2.00 bits per heavy atom. The minimum atomic E-state index is 0.705. The molecule has 0 amide bonds. The summed E-state index contributed by atoms with van der Waals surface area (Å²) in [7, 11) is 3.71. The summed E-state index contributed by atoms with van der Waals surface area (Å²) < 4.78 is 5.10. The van der Waals surface area contributed by atoms with Crippen molar-refractivity contribution in [1.29, 1.82) is 0 Å². The van der Waals surface area contributed by atoms with Gasteiger partial charge in [-0.25, -0.2) is 0 Å². The van der Waals surface area contributed by atoms with Gasteiger partial charge in [0.1, 0.15) is 5.75 Å². The number of hydrogen-bond donors (Lipinski definition) is 0. The maximum Gasteiger partial charge on any atom is 0.118 e. The Balaban J connectivity index is 2.41. The van der Waals surface area contributed by atoms with Crippen molar-refractivity contribution < 1.29 is 4.74 Å². The average Bonchev–Trinajstić information content (AvgIpc) is 2.27. The molecule has 15 heavy (non-hydrogen) atoms. The molecule has 0 unspecified atom stereocenters. The number of nitrogens with zero attached hydrogens (tertiary/aromatic N) is 1. The molecule has 80 valence electrons. The van der Waals surface area contributed by atoms with Crippen LogP contribution in [0.2, 0.25) is 0 Å². The molecule has 0 aromatic heterocycles. The first-order valence-corrected chi connectivity index (χ1v) is 5.01. The summed E-state index contributed by atoms with van der Waals surface area (Å²) in [6.45, 7) is 1.69. The summed E-state index contributed by atoms with van der Waals surface area (Å²) in [6.07, 6.45) is 6.24. The van der Waals surface area contributed by atoms with Gasteiger partial charge in [0, 0.05) is 6.54 Å². The smallest absolute Gasteiger partial charge is 0.118 e. The molecule has 0 aliphatic heterocycles. The van der Waals surface area contributed by atoms with Crippen LogP contribution in [-0.2, 0) is 6.42 Å². The zero-order chi connectivity index (χ0) is 11.1. The van der Waals surface area contributed by atoms with E-state index in [0.717, 1.165) is 18.7 Å². The summed E-state index contributed by atoms with van der Waals surface area (Å²) in [6, 6.07) is 8.14. The van der Waals surface area contributed by atoms with Gasteiger partial charge in [-0.1, -0.05) is 18.1 Å². The molecule has 1 aromatic carbocycles. The van der Waals surface area contributed by atoms with Crippen LogP contribution in [0, 0.1) is 12.3 Å². The number of methoxy groups -OCH3 is 1. The van der Waals surface area contributed by atoms with Gasteiger partial charge in [0.25, 0.3) is 0 Å². The van der Waals surface area contributed by atoms with E-state index in [1.165, 1.54) is 5.56 Å². The number of hydrogen-bond acceptors (Lipinski definition) is 2. The topological polar surface area (TPSA) is 12.5 Å². The van der Waals surface area contributed by atoms with Crippen molar-refractivity contribution in [2.24, 2.45) is 0 Å². The van der Waals surface area contributed by atoms with Gasteiger partial charge >= 0.3 is 0 Å². The SMILES string of the molecule is C#CCN(C)CCc1ccc(OC)cc1. The fourth-order valence-corrected chi connectivity index (χ4v) is 1.35. The first kappa shape index (κ1) is 11.6. The first-order chi connectivity index (χ1) is 7.26. The molecule has 0 radical (unpaired) electrons. The Hall–Kier alpha value is -1.46. The number of ether oxygens (including phenoxy) is 1. The lowest BCUT2D eigenvalue weighted by molar-refractivity contribution is 0.380. The molecular formula is C13H17NO. The fourth-order valence-electron chi connectivity index (χ4n) is 1.35. The van der Waals surface area contributed by atoms with E-state index in [4.69, 9.17) is 11.2 Å². The maximum absolute atomic E-state index is 5.23. The fraction of sp³-hybridized carbons (Fsp3) is 0.385. The van der Waals surface area contributed by atoms with Crippen molar-refractivity contribution in [3.8, 4) is 18.1 Å². The van der Waals surface area contributed by atoms with Crippen LogP contribution < -0.4 is 4.74 Å². The highest BCUT2D eigenvalue weighted by Crippen LogP contribution is 2.11. The summed E-state index contributed by atoms with van der Waals surface area (Å²) in [4.78, 5) is 2.13. The van der Waals surface area contributed by atoms with Gasteiger partial charge < -0.3 is 4.74 Å². The lowest BCUT2D eigenvalue weighted by Gasteiger charge is -2.12. The van der Waals surface area contributed by atoms with E-state index < -0.39 is 0 Å². The lowest BCUT2D eigenvalue weighted by atomic mass is 10.1. The number of likely N-dealkylation sites (N-methyl/N-ethyl adjacent to an activating group) is 1. The highest BCUT2D eigenvalue weighted by molar-refractivity contribution is 5.27. The minimum Gasteiger partial charge on any atom is -0.497 e. The molecule has 0 aliphatic carbocycles. The van der Waals surface area contributed by atoms with E-state index in [1.807, 2.05) is 19.2 Å². The number of benzene rings is 1. The van der Waals surface area contributed by atoms with Crippen LogP contribution in [-0.4, -0.2) is 32.1 Å². The molecule has 0 bridgehead atoms. The van der Waals surface area contributed by atoms with Crippen molar-refractivity contribution in [3.63, 3.8) is 0 Å². The van der Waals surface area contributed by atoms with E-state index in [-0.39, 0.29) is 0 Å². The molecular weight excluding hydrogens is 186 g/mol. The predicted octanol–water partition coefficient (Wildman–Crippen LogP) is 1.80. The van der Waals surface area contributed by atoms with Gasteiger partial charge in [0.15, 0.2) is 0 Å². The zero-order valence-corrected chi connectivity index (χ0v) is 9.36. The van der Waals surface area contributed by atoms with Crippen LogP contribution in [0.15, 0.2) is 24.3 Å². The maximum atomic E-state index is 5.23. The van der Waals surface area contributed by atoms with Gasteiger partial charge in [0.2, 0.25) is 0 Å². The second kappa shape index (κ2) is 6.10. The van der Waals surface area contributed by atoms with Crippen LogP contribution in [0.25, 0.3) is 0 Å². The van der Waals surface area contributed by atoms with Crippen molar-refractivity contribution in [2.45, 2.75) is 6.42 Å². The molecule has 0 spiro atoms. The van der Waals surface area contributed by atoms with E-state index in [0.29, 0.717) is 6.54 Å². The molecule has 0 saturated heterocycles. The van der Waals surface area contributed by atoms with E-state index >= 15 is 0 Å². The monoisotopic (exact) mass is 203 g/mol. The molecule has 0 fully saturated rings. The lowest BCUT2D eigenvalue weighted by Crippen LogP contribution is -2.21. The third-order valence-corrected chi connectivity index (χ3v) is 2.30. The molecule has 2 nitrogen and oxygen atoms in total. The summed E-state index contributed by atoms with van der Waals surface area (Å²) >= 11 is 0. The van der Waals surface area contributed by atoms with E-state index in [9.17, 15) is 0 Å². The molecule has 2 heteroatoms. The second-order valence-electron chi connectivity index (χ2n) is 3.54. The van der Waals surface area contributed by atoms with Gasteiger partial charge in [-0.3, -0.25) is 4.90 Å². The van der Waals surface area contributed by atoms with Crippen LogP contribution in [0.5, 0.6) is 5.75 Å². The highest BCUT2D eigenvalue weighted by Gasteiger charge is 1.98. The minimum absolute atomic E-state index is 0.705. The first-order valence-electron chi connectivity index (χ1n) is 5.01. The summed E-state index contributed by atoms with van der Waals surface area (Å²) in [5.41, 5.74) is 1.31. The Kier molecular flexibility index (Phi) is 4.73. The summed E-state index contributed by atoms with van der Waals surface area (Å²) in [5.74, 6) is 3.53. The average molecular weight is 203 g/mol. The van der Waals surface area contributed by atoms with Gasteiger partial charge in [-0.15, -0.1) is 6.42 Å². The summed E-state index contributed by atoms with van der Waals surface area (Å²) in [5, 5.41) is 0. The van der Waals surface area contributed by atoms with Crippen LogP contribution in [0.1, 0.15) is 5.56 Å². The van der Waals surface area contributed by atoms with Gasteiger partial charge in [0.05, 0.1) is 13.7 Å². The molecule has 0 atom stereocenters. The molecule has 0 heterocycles. The number of terminal acetylenes is 1. The predicted molar refractivity (Wildman–Crippen MR) is 63.0 cm³/mol. The normalized spacial score (nSPS) is 10.0. The molecule has 1 aromatic rings. The largest absolute Gasteiger partial charge is 0.497 e. The Morgan fingerprint density at radius 3 is 2.53 bits per heavy atom. The molecule has 0 aliphatic rings. The van der Waals surface area contributed by atoms with Gasteiger partial charge in [-0.05, 0) is 31.2 Å². The van der Waals surface area contributed by atoms with Gasteiger partial charge in [-0.2, -0.15) is 0 Å². The number of rotatable bonds is 5. The third-order valence-electron chi connectivity index (χ3n) is 2.30. The standard InChI is InChI=1S/C13H17NO/c1-4-10-14(2)11-9-12-5-7-13(15-3)8-6-12/h1,5-8H,9-11H2,2-3H3. The van der Waals surface area contributed by atoms with Crippen molar-refractivity contribution >= 4 is 0 Å². The van der Waals surface area contributed by atoms with E-state index in [2.05, 4.69) is 23.0 Å². The van der Waals surface area contributed by atoms with Crippen LogP contribution in [0.3, 0.4) is 0 Å². The Morgan fingerprint density at radius 1 is 1.33 bits per heavy atom. The zero-order valence-electron chi connectivity index (χ0n) is 9.36. The van der Waals surface area contributed by atoms with Crippen molar-refractivity contribution in [2.75, 3.05) is 27.2 Å². The Bertz CT molecular complexity index is 323. The van der Waals surface area contributed by atoms with Crippen molar-refractivity contribution in [3.05, 3.63) is 29.8 Å². The van der Waals surface area contributed by atoms with Crippen LogP contribution >= 0.6 is 0 Å².